The number of amides is 1. The number of hydrogen-bond acceptors (Lipinski definition) is 7. The Morgan fingerprint density at radius 1 is 1.17 bits per heavy atom. The Labute approximate surface area is 210 Å². The van der Waals surface area contributed by atoms with Crippen LogP contribution in [0.25, 0.3) is 11.4 Å². The standard InChI is InChI=1S/C26H31ClN4O4/c1-5-14-34-23-21(27)15-20(16-22(23)33-4)26(32)31-12-10-30(11-13-31)18(3)25-28-24(29-35-25)19-8-6-17(2)7-9-19/h6-9,15-16,18H,5,10-14H2,1-4H3. The van der Waals surface area contributed by atoms with Crippen LogP contribution >= 0.6 is 11.6 Å². The second kappa shape index (κ2) is 11.1. The third kappa shape index (κ3) is 5.60. The van der Waals surface area contributed by atoms with Crippen molar-refractivity contribution >= 4 is 17.5 Å². The molecule has 8 nitrogen and oxygen atoms in total. The van der Waals surface area contributed by atoms with Gasteiger partial charge in [-0.15, -0.1) is 0 Å². The Hall–Kier alpha value is -3.10. The second-order valence-electron chi connectivity index (χ2n) is 8.66. The van der Waals surface area contributed by atoms with E-state index in [0.717, 1.165) is 12.0 Å². The molecule has 0 aliphatic carbocycles. The molecule has 1 amide bonds. The largest absolute Gasteiger partial charge is 0.493 e. The normalized spacial score (nSPS) is 15.2. The quantitative estimate of drug-likeness (QED) is 0.431. The maximum absolute atomic E-state index is 13.2. The number of rotatable bonds is 8. The molecule has 0 radical (unpaired) electrons. The van der Waals surface area contributed by atoms with Crippen molar-refractivity contribution in [3.63, 3.8) is 0 Å². The van der Waals surface area contributed by atoms with Gasteiger partial charge in [-0.05, 0) is 32.4 Å². The lowest BCUT2D eigenvalue weighted by Gasteiger charge is -2.36. The first kappa shape index (κ1) is 25.0. The monoisotopic (exact) mass is 498 g/mol. The molecule has 1 saturated heterocycles. The molecule has 9 heteroatoms. The predicted octanol–water partition coefficient (Wildman–Crippen LogP) is 5.01. The molecule has 3 aromatic rings. The van der Waals surface area contributed by atoms with Crippen molar-refractivity contribution in [2.45, 2.75) is 33.2 Å². The van der Waals surface area contributed by atoms with Gasteiger partial charge in [-0.1, -0.05) is 53.5 Å². The second-order valence-corrected chi connectivity index (χ2v) is 9.07. The van der Waals surface area contributed by atoms with Crippen LogP contribution in [0.15, 0.2) is 40.9 Å². The van der Waals surface area contributed by atoms with Crippen molar-refractivity contribution in [1.29, 1.82) is 0 Å². The SMILES string of the molecule is CCCOc1c(Cl)cc(C(=O)N2CCN(C(C)c3nc(-c4ccc(C)cc4)no3)CC2)cc1OC. The summed E-state index contributed by atoms with van der Waals surface area (Å²) in [5.41, 5.74) is 2.59. The zero-order chi connectivity index (χ0) is 24.9. The van der Waals surface area contributed by atoms with E-state index in [-0.39, 0.29) is 11.9 Å². The number of ether oxygens (including phenoxy) is 2. The number of nitrogens with zero attached hydrogens (tertiary/aromatic N) is 4. The van der Waals surface area contributed by atoms with Crippen molar-refractivity contribution in [3.05, 3.63) is 58.4 Å². The van der Waals surface area contributed by atoms with Crippen LogP contribution in [0.3, 0.4) is 0 Å². The van der Waals surface area contributed by atoms with Crippen LogP contribution in [-0.2, 0) is 0 Å². The summed E-state index contributed by atoms with van der Waals surface area (Å²) in [6.45, 7) is 9.17. The lowest BCUT2D eigenvalue weighted by Crippen LogP contribution is -2.49. The number of hydrogen-bond donors (Lipinski definition) is 0. The molecule has 186 valence electrons. The molecule has 0 saturated carbocycles. The molecule has 1 aliphatic heterocycles. The van der Waals surface area contributed by atoms with Gasteiger partial charge in [0.2, 0.25) is 11.7 Å². The Bertz CT molecular complexity index is 1160. The molecular weight excluding hydrogens is 468 g/mol. The minimum Gasteiger partial charge on any atom is -0.493 e. The molecule has 35 heavy (non-hydrogen) atoms. The minimum absolute atomic E-state index is 0.0523. The van der Waals surface area contributed by atoms with Crippen LogP contribution in [0.5, 0.6) is 11.5 Å². The van der Waals surface area contributed by atoms with Crippen molar-refractivity contribution in [2.24, 2.45) is 0 Å². The van der Waals surface area contributed by atoms with Gasteiger partial charge in [0.05, 0.1) is 24.8 Å². The number of benzene rings is 2. The number of aryl methyl sites for hydroxylation is 1. The first-order chi connectivity index (χ1) is 16.9. The summed E-state index contributed by atoms with van der Waals surface area (Å²) in [6.07, 6.45) is 0.847. The smallest absolute Gasteiger partial charge is 0.254 e. The van der Waals surface area contributed by atoms with Crippen molar-refractivity contribution in [1.82, 2.24) is 19.9 Å². The third-order valence-corrected chi connectivity index (χ3v) is 6.47. The average Bonchev–Trinajstić information content (AvgIpc) is 3.37. The van der Waals surface area contributed by atoms with Gasteiger partial charge in [0.25, 0.3) is 5.91 Å². The fourth-order valence-electron chi connectivity index (χ4n) is 4.06. The van der Waals surface area contributed by atoms with Crippen LogP contribution in [0, 0.1) is 6.92 Å². The van der Waals surface area contributed by atoms with E-state index in [1.54, 1.807) is 19.2 Å². The number of carbonyl (C=O) groups is 1. The highest BCUT2D eigenvalue weighted by atomic mass is 35.5. The van der Waals surface area contributed by atoms with Crippen molar-refractivity contribution < 1.29 is 18.8 Å². The zero-order valence-corrected chi connectivity index (χ0v) is 21.3. The maximum atomic E-state index is 13.2. The fraction of sp³-hybridized carbons (Fsp3) is 0.423. The lowest BCUT2D eigenvalue weighted by atomic mass is 10.1. The molecular formula is C26H31ClN4O4. The van der Waals surface area contributed by atoms with E-state index in [0.29, 0.717) is 66.6 Å². The predicted molar refractivity (Wildman–Crippen MR) is 134 cm³/mol. The minimum atomic E-state index is -0.0843. The zero-order valence-electron chi connectivity index (χ0n) is 20.6. The molecule has 1 aliphatic rings. The van der Waals surface area contributed by atoms with Gasteiger partial charge in [-0.25, -0.2) is 0 Å². The fourth-order valence-corrected chi connectivity index (χ4v) is 4.33. The van der Waals surface area contributed by atoms with Gasteiger partial charge in [0.1, 0.15) is 0 Å². The Kier molecular flexibility index (Phi) is 7.93. The highest BCUT2D eigenvalue weighted by Gasteiger charge is 2.29. The van der Waals surface area contributed by atoms with E-state index in [4.69, 9.17) is 25.6 Å². The van der Waals surface area contributed by atoms with Crippen molar-refractivity contribution in [3.8, 4) is 22.9 Å². The van der Waals surface area contributed by atoms with Gasteiger partial charge in [0.15, 0.2) is 11.5 Å². The molecule has 0 bridgehead atoms. The highest BCUT2D eigenvalue weighted by molar-refractivity contribution is 6.32. The van der Waals surface area contributed by atoms with Crippen LogP contribution in [-0.4, -0.2) is 65.7 Å². The molecule has 1 unspecified atom stereocenters. The molecule has 4 rings (SSSR count). The maximum Gasteiger partial charge on any atom is 0.254 e. The number of carbonyl (C=O) groups excluding carboxylic acids is 1. The number of aromatic nitrogens is 2. The van der Waals surface area contributed by atoms with Gasteiger partial charge in [-0.2, -0.15) is 4.98 Å². The van der Waals surface area contributed by atoms with E-state index in [1.165, 1.54) is 5.56 Å². The number of halogens is 1. The van der Waals surface area contributed by atoms with Gasteiger partial charge < -0.3 is 18.9 Å². The third-order valence-electron chi connectivity index (χ3n) is 6.19. The highest BCUT2D eigenvalue weighted by Crippen LogP contribution is 2.37. The van der Waals surface area contributed by atoms with Crippen LogP contribution in [0.4, 0.5) is 0 Å². The van der Waals surface area contributed by atoms with Gasteiger partial charge >= 0.3 is 0 Å². The molecule has 2 heterocycles. The first-order valence-electron chi connectivity index (χ1n) is 11.9. The lowest BCUT2D eigenvalue weighted by molar-refractivity contribution is 0.0551. The summed E-state index contributed by atoms with van der Waals surface area (Å²) in [6, 6.07) is 11.3. The van der Waals surface area contributed by atoms with Crippen LogP contribution < -0.4 is 9.47 Å². The Balaban J connectivity index is 1.39. The molecule has 1 fully saturated rings. The summed E-state index contributed by atoms with van der Waals surface area (Å²) in [7, 11) is 1.54. The number of methoxy groups -OCH3 is 1. The summed E-state index contributed by atoms with van der Waals surface area (Å²) in [5.74, 6) is 1.99. The van der Waals surface area contributed by atoms with E-state index < -0.39 is 0 Å². The van der Waals surface area contributed by atoms with E-state index >= 15 is 0 Å². The topological polar surface area (TPSA) is 80.9 Å². The molecule has 1 aromatic heterocycles. The van der Waals surface area contributed by atoms with Crippen LogP contribution in [0.1, 0.15) is 48.1 Å². The van der Waals surface area contributed by atoms with Gasteiger partial charge in [0, 0.05) is 37.3 Å². The Morgan fingerprint density at radius 3 is 2.54 bits per heavy atom. The summed E-state index contributed by atoms with van der Waals surface area (Å²) >= 11 is 6.41. The van der Waals surface area contributed by atoms with Crippen molar-refractivity contribution in [2.75, 3.05) is 39.9 Å². The average molecular weight is 499 g/mol. The summed E-state index contributed by atoms with van der Waals surface area (Å²) < 4.78 is 16.7. The molecule has 1 atom stereocenters. The van der Waals surface area contributed by atoms with E-state index in [2.05, 4.69) is 15.0 Å². The molecule has 0 spiro atoms. The molecule has 2 aromatic carbocycles. The number of piperazine rings is 1. The van der Waals surface area contributed by atoms with Crippen LogP contribution in [0.2, 0.25) is 5.02 Å². The summed E-state index contributed by atoms with van der Waals surface area (Å²) in [5, 5.41) is 4.52. The Morgan fingerprint density at radius 2 is 1.89 bits per heavy atom. The molecule has 0 N–H and O–H groups in total. The van der Waals surface area contributed by atoms with E-state index in [1.807, 2.05) is 49.9 Å². The first-order valence-corrected chi connectivity index (χ1v) is 12.2. The van der Waals surface area contributed by atoms with Gasteiger partial charge in [-0.3, -0.25) is 9.69 Å². The summed E-state index contributed by atoms with van der Waals surface area (Å²) in [4.78, 5) is 21.9. The van der Waals surface area contributed by atoms with E-state index in [9.17, 15) is 4.79 Å².